The van der Waals surface area contributed by atoms with Crippen LogP contribution >= 0.6 is 0 Å². The molecule has 1 N–H and O–H groups in total. The summed E-state index contributed by atoms with van der Waals surface area (Å²) in [7, 11) is 0. The standard InChI is InChI=1S/C18H24FN3O3/c1-14-10-16(25-20-14)12-22-8-6-21(7-9-22)11-15(23)13-24-18-5-3-2-4-17(18)19/h2-5,10,15,23H,6-9,11-13H2,1H3. The van der Waals surface area contributed by atoms with Crippen LogP contribution in [-0.4, -0.2) is 65.5 Å². The number of para-hydroxylation sites is 1. The van der Waals surface area contributed by atoms with Gasteiger partial charge in [0.1, 0.15) is 12.7 Å². The summed E-state index contributed by atoms with van der Waals surface area (Å²) in [4.78, 5) is 4.50. The number of nitrogens with zero attached hydrogens (tertiary/aromatic N) is 3. The summed E-state index contributed by atoms with van der Waals surface area (Å²) in [5.74, 6) is 0.643. The van der Waals surface area contributed by atoms with Gasteiger partial charge in [-0.2, -0.15) is 0 Å². The molecule has 6 nitrogen and oxygen atoms in total. The summed E-state index contributed by atoms with van der Waals surface area (Å²) in [6, 6.07) is 8.18. The van der Waals surface area contributed by atoms with Crippen molar-refractivity contribution in [2.45, 2.75) is 19.6 Å². The lowest BCUT2D eigenvalue weighted by atomic mass is 10.2. The Kier molecular flexibility index (Phi) is 6.01. The van der Waals surface area contributed by atoms with Crippen molar-refractivity contribution < 1.29 is 18.8 Å². The highest BCUT2D eigenvalue weighted by Gasteiger charge is 2.20. The van der Waals surface area contributed by atoms with E-state index in [4.69, 9.17) is 9.26 Å². The Labute approximate surface area is 146 Å². The predicted molar refractivity (Wildman–Crippen MR) is 90.9 cm³/mol. The summed E-state index contributed by atoms with van der Waals surface area (Å²) >= 11 is 0. The third kappa shape index (κ3) is 5.26. The van der Waals surface area contributed by atoms with Crippen molar-refractivity contribution in [3.05, 3.63) is 47.6 Å². The zero-order chi connectivity index (χ0) is 17.6. The van der Waals surface area contributed by atoms with Gasteiger partial charge >= 0.3 is 0 Å². The molecule has 25 heavy (non-hydrogen) atoms. The van der Waals surface area contributed by atoms with Gasteiger partial charge in [-0.1, -0.05) is 17.3 Å². The lowest BCUT2D eigenvalue weighted by Gasteiger charge is -2.35. The van der Waals surface area contributed by atoms with Gasteiger partial charge in [0.15, 0.2) is 17.3 Å². The van der Waals surface area contributed by atoms with E-state index in [0.717, 1.165) is 44.2 Å². The Balaban J connectivity index is 1.37. The van der Waals surface area contributed by atoms with Crippen LogP contribution in [0.4, 0.5) is 4.39 Å². The topological polar surface area (TPSA) is 62.0 Å². The molecule has 0 bridgehead atoms. The van der Waals surface area contributed by atoms with Crippen molar-refractivity contribution in [1.29, 1.82) is 0 Å². The van der Waals surface area contributed by atoms with Crippen LogP contribution in [0.3, 0.4) is 0 Å². The minimum Gasteiger partial charge on any atom is -0.488 e. The second kappa shape index (κ2) is 8.42. The first-order chi connectivity index (χ1) is 12.1. The molecule has 0 saturated carbocycles. The Morgan fingerprint density at radius 3 is 2.64 bits per heavy atom. The largest absolute Gasteiger partial charge is 0.488 e. The zero-order valence-corrected chi connectivity index (χ0v) is 14.4. The summed E-state index contributed by atoms with van der Waals surface area (Å²) in [6.45, 7) is 6.81. The Morgan fingerprint density at radius 1 is 1.24 bits per heavy atom. The Bertz CT molecular complexity index is 671. The maximum absolute atomic E-state index is 13.5. The fourth-order valence-electron chi connectivity index (χ4n) is 2.94. The quantitative estimate of drug-likeness (QED) is 0.821. The number of aryl methyl sites for hydroxylation is 1. The molecule has 0 radical (unpaired) electrons. The lowest BCUT2D eigenvalue weighted by molar-refractivity contribution is 0.0421. The monoisotopic (exact) mass is 349 g/mol. The number of hydrogen-bond acceptors (Lipinski definition) is 6. The third-order valence-corrected chi connectivity index (χ3v) is 4.26. The number of benzene rings is 1. The number of aliphatic hydroxyl groups excluding tert-OH is 1. The molecule has 1 aromatic carbocycles. The predicted octanol–water partition coefficient (Wildman–Crippen LogP) is 1.68. The fraction of sp³-hybridized carbons (Fsp3) is 0.500. The van der Waals surface area contributed by atoms with Crippen LogP contribution in [0.5, 0.6) is 5.75 Å². The number of aliphatic hydroxyl groups is 1. The molecule has 1 unspecified atom stereocenters. The average Bonchev–Trinajstić information content (AvgIpc) is 3.01. The molecule has 1 saturated heterocycles. The number of piperazine rings is 1. The van der Waals surface area contributed by atoms with E-state index in [0.29, 0.717) is 6.54 Å². The SMILES string of the molecule is Cc1cc(CN2CCN(CC(O)COc3ccccc3F)CC2)on1. The average molecular weight is 349 g/mol. The normalized spacial score (nSPS) is 17.6. The van der Waals surface area contributed by atoms with Crippen molar-refractivity contribution in [2.75, 3.05) is 39.3 Å². The Hall–Kier alpha value is -1.96. The van der Waals surface area contributed by atoms with Crippen molar-refractivity contribution >= 4 is 0 Å². The lowest BCUT2D eigenvalue weighted by Crippen LogP contribution is -2.48. The number of hydrogen-bond donors (Lipinski definition) is 1. The Morgan fingerprint density at radius 2 is 1.96 bits per heavy atom. The molecule has 7 heteroatoms. The molecular weight excluding hydrogens is 325 g/mol. The number of rotatable bonds is 7. The number of ether oxygens (including phenoxy) is 1. The molecular formula is C18H24FN3O3. The van der Waals surface area contributed by atoms with E-state index >= 15 is 0 Å². The smallest absolute Gasteiger partial charge is 0.165 e. The minimum absolute atomic E-state index is 0.0818. The fourth-order valence-corrected chi connectivity index (χ4v) is 2.94. The van der Waals surface area contributed by atoms with Crippen LogP contribution in [0.2, 0.25) is 0 Å². The molecule has 1 atom stereocenters. The van der Waals surface area contributed by atoms with Crippen LogP contribution in [-0.2, 0) is 6.54 Å². The van der Waals surface area contributed by atoms with Gasteiger partial charge < -0.3 is 14.4 Å². The first-order valence-corrected chi connectivity index (χ1v) is 8.52. The highest BCUT2D eigenvalue weighted by Crippen LogP contribution is 2.16. The van der Waals surface area contributed by atoms with Crippen molar-refractivity contribution in [1.82, 2.24) is 15.0 Å². The van der Waals surface area contributed by atoms with Gasteiger partial charge in [-0.25, -0.2) is 4.39 Å². The van der Waals surface area contributed by atoms with Gasteiger partial charge in [0.05, 0.1) is 12.2 Å². The second-order valence-electron chi connectivity index (χ2n) is 6.41. The third-order valence-electron chi connectivity index (χ3n) is 4.26. The summed E-state index contributed by atoms with van der Waals surface area (Å²) < 4.78 is 24.1. The van der Waals surface area contributed by atoms with Crippen molar-refractivity contribution in [2.24, 2.45) is 0 Å². The molecule has 2 aromatic rings. The summed E-state index contributed by atoms with van der Waals surface area (Å²) in [5, 5.41) is 14.0. The van der Waals surface area contributed by atoms with Gasteiger partial charge in [-0.3, -0.25) is 9.80 Å². The first kappa shape index (κ1) is 17.8. The van der Waals surface area contributed by atoms with Crippen LogP contribution in [0.25, 0.3) is 0 Å². The molecule has 0 spiro atoms. The first-order valence-electron chi connectivity index (χ1n) is 8.52. The van der Waals surface area contributed by atoms with E-state index in [-0.39, 0.29) is 12.4 Å². The van der Waals surface area contributed by atoms with Crippen LogP contribution < -0.4 is 4.74 Å². The van der Waals surface area contributed by atoms with Crippen LogP contribution in [0, 0.1) is 12.7 Å². The van der Waals surface area contributed by atoms with Crippen LogP contribution in [0.1, 0.15) is 11.5 Å². The molecule has 3 rings (SSSR count). The van der Waals surface area contributed by atoms with E-state index < -0.39 is 11.9 Å². The summed E-state index contributed by atoms with van der Waals surface area (Å²) in [5.41, 5.74) is 0.895. The van der Waals surface area contributed by atoms with Gasteiger partial charge in [0, 0.05) is 38.8 Å². The van der Waals surface area contributed by atoms with E-state index in [9.17, 15) is 9.50 Å². The molecule has 0 aliphatic carbocycles. The van der Waals surface area contributed by atoms with Crippen molar-refractivity contribution in [3.63, 3.8) is 0 Å². The van der Waals surface area contributed by atoms with Gasteiger partial charge in [0.25, 0.3) is 0 Å². The van der Waals surface area contributed by atoms with E-state index in [1.165, 1.54) is 6.07 Å². The highest BCUT2D eigenvalue weighted by molar-refractivity contribution is 5.23. The molecule has 1 fully saturated rings. The highest BCUT2D eigenvalue weighted by atomic mass is 19.1. The molecule has 0 amide bonds. The van der Waals surface area contributed by atoms with E-state index in [1.54, 1.807) is 18.2 Å². The number of aromatic nitrogens is 1. The maximum Gasteiger partial charge on any atom is 0.165 e. The molecule has 1 aromatic heterocycles. The van der Waals surface area contributed by atoms with E-state index in [2.05, 4.69) is 15.0 Å². The number of halogens is 1. The van der Waals surface area contributed by atoms with Gasteiger partial charge in [0.2, 0.25) is 0 Å². The summed E-state index contributed by atoms with van der Waals surface area (Å²) in [6.07, 6.45) is -0.650. The maximum atomic E-state index is 13.5. The van der Waals surface area contributed by atoms with Crippen LogP contribution in [0.15, 0.2) is 34.9 Å². The number of β-amino-alcohol motifs (C(OH)–C–C–N with tert-alkyl or cyclic N) is 1. The molecule has 136 valence electrons. The molecule has 1 aliphatic rings. The zero-order valence-electron chi connectivity index (χ0n) is 14.4. The van der Waals surface area contributed by atoms with E-state index in [1.807, 2.05) is 13.0 Å². The second-order valence-corrected chi connectivity index (χ2v) is 6.41. The van der Waals surface area contributed by atoms with Crippen molar-refractivity contribution in [3.8, 4) is 5.75 Å². The van der Waals surface area contributed by atoms with Gasteiger partial charge in [-0.05, 0) is 19.1 Å². The molecule has 2 heterocycles. The van der Waals surface area contributed by atoms with Gasteiger partial charge in [-0.15, -0.1) is 0 Å². The molecule has 1 aliphatic heterocycles. The minimum atomic E-state index is -0.650.